The topological polar surface area (TPSA) is 70.1 Å². The van der Waals surface area contributed by atoms with Crippen LogP contribution in [0.1, 0.15) is 19.3 Å². The first-order valence-electron chi connectivity index (χ1n) is 6.84. The summed E-state index contributed by atoms with van der Waals surface area (Å²) >= 11 is 0. The van der Waals surface area contributed by atoms with E-state index >= 15 is 0 Å². The monoisotopic (exact) mass is 270 g/mol. The average Bonchev–Trinajstić information content (AvgIpc) is 3.04. The smallest absolute Gasteiger partial charge is 0.323 e. The number of carboxylic acid groups (broad SMARTS) is 1. The molecule has 2 amide bonds. The van der Waals surface area contributed by atoms with Gasteiger partial charge in [-0.25, -0.2) is 4.79 Å². The zero-order valence-electron chi connectivity index (χ0n) is 11.4. The highest BCUT2D eigenvalue weighted by atomic mass is 16.5. The van der Waals surface area contributed by atoms with Gasteiger partial charge in [0.15, 0.2) is 0 Å². The summed E-state index contributed by atoms with van der Waals surface area (Å²) in [6.07, 6.45) is 3.15. The number of aliphatic carboxylic acids is 1. The van der Waals surface area contributed by atoms with Crippen LogP contribution < -0.4 is 0 Å². The van der Waals surface area contributed by atoms with Crippen molar-refractivity contribution in [2.24, 2.45) is 11.8 Å². The van der Waals surface area contributed by atoms with Crippen molar-refractivity contribution in [2.75, 3.05) is 39.9 Å². The van der Waals surface area contributed by atoms with Crippen molar-refractivity contribution in [3.63, 3.8) is 0 Å². The van der Waals surface area contributed by atoms with Gasteiger partial charge in [-0.3, -0.25) is 4.79 Å². The van der Waals surface area contributed by atoms with Crippen molar-refractivity contribution in [1.29, 1.82) is 0 Å². The Morgan fingerprint density at radius 2 is 2.05 bits per heavy atom. The van der Waals surface area contributed by atoms with Crippen LogP contribution in [-0.2, 0) is 9.53 Å². The molecule has 2 aliphatic rings. The highest BCUT2D eigenvalue weighted by Crippen LogP contribution is 2.30. The number of nitrogens with zero attached hydrogens (tertiary/aromatic N) is 2. The number of likely N-dealkylation sites (tertiary alicyclic amines) is 1. The van der Waals surface area contributed by atoms with Gasteiger partial charge in [-0.15, -0.1) is 0 Å². The summed E-state index contributed by atoms with van der Waals surface area (Å²) in [6.45, 7) is 2.42. The molecule has 1 saturated heterocycles. The number of carboxylic acids is 1. The van der Waals surface area contributed by atoms with Crippen LogP contribution in [0.2, 0.25) is 0 Å². The van der Waals surface area contributed by atoms with Gasteiger partial charge in [0, 0.05) is 32.7 Å². The minimum Gasteiger partial charge on any atom is -0.480 e. The van der Waals surface area contributed by atoms with Crippen molar-refractivity contribution in [2.45, 2.75) is 19.3 Å². The van der Waals surface area contributed by atoms with E-state index in [0.29, 0.717) is 38.1 Å². The molecule has 19 heavy (non-hydrogen) atoms. The molecule has 108 valence electrons. The average molecular weight is 270 g/mol. The number of amides is 2. The first-order chi connectivity index (χ1) is 9.10. The van der Waals surface area contributed by atoms with Gasteiger partial charge in [-0.1, -0.05) is 0 Å². The van der Waals surface area contributed by atoms with Crippen LogP contribution >= 0.6 is 0 Å². The molecule has 1 atom stereocenters. The van der Waals surface area contributed by atoms with E-state index in [2.05, 4.69) is 0 Å². The van der Waals surface area contributed by atoms with Gasteiger partial charge in [-0.05, 0) is 25.2 Å². The summed E-state index contributed by atoms with van der Waals surface area (Å²) in [7, 11) is 1.66. The van der Waals surface area contributed by atoms with Crippen molar-refractivity contribution >= 4 is 12.0 Å². The maximum absolute atomic E-state index is 12.3. The summed E-state index contributed by atoms with van der Waals surface area (Å²) in [5.41, 5.74) is 0. The quantitative estimate of drug-likeness (QED) is 0.777. The van der Waals surface area contributed by atoms with Gasteiger partial charge < -0.3 is 19.6 Å². The zero-order chi connectivity index (χ0) is 13.8. The predicted octanol–water partition coefficient (Wildman–Crippen LogP) is 0.871. The van der Waals surface area contributed by atoms with E-state index in [-0.39, 0.29) is 12.6 Å². The second-order valence-electron chi connectivity index (χ2n) is 5.56. The van der Waals surface area contributed by atoms with Crippen LogP contribution in [0, 0.1) is 11.8 Å². The summed E-state index contributed by atoms with van der Waals surface area (Å²) in [5.74, 6) is -0.0659. The Hall–Kier alpha value is -1.30. The normalized spacial score (nSPS) is 22.6. The molecule has 0 spiro atoms. The Bertz CT molecular complexity index is 344. The summed E-state index contributed by atoms with van der Waals surface area (Å²) in [4.78, 5) is 26.4. The van der Waals surface area contributed by atoms with Crippen LogP contribution in [0.3, 0.4) is 0 Å². The Kier molecular flexibility index (Phi) is 4.63. The standard InChI is InChI=1S/C13H22N2O4/c1-19-9-11-4-5-14(7-11)13(18)15(8-12(16)17)6-10-2-3-10/h10-11H,2-9H2,1H3,(H,16,17). The van der Waals surface area contributed by atoms with Gasteiger partial charge in [0.25, 0.3) is 0 Å². The third kappa shape index (κ3) is 4.09. The van der Waals surface area contributed by atoms with E-state index in [0.717, 1.165) is 19.3 Å². The lowest BCUT2D eigenvalue weighted by atomic mass is 10.1. The minimum atomic E-state index is -0.943. The van der Waals surface area contributed by atoms with Crippen LogP contribution in [0.15, 0.2) is 0 Å². The van der Waals surface area contributed by atoms with E-state index in [1.165, 1.54) is 4.90 Å². The fraction of sp³-hybridized carbons (Fsp3) is 0.846. The number of carbonyl (C=O) groups is 2. The van der Waals surface area contributed by atoms with E-state index < -0.39 is 5.97 Å². The van der Waals surface area contributed by atoms with Crippen LogP contribution in [0.25, 0.3) is 0 Å². The Labute approximate surface area is 113 Å². The summed E-state index contributed by atoms with van der Waals surface area (Å²) < 4.78 is 5.11. The molecule has 0 aromatic carbocycles. The Morgan fingerprint density at radius 3 is 2.63 bits per heavy atom. The lowest BCUT2D eigenvalue weighted by molar-refractivity contribution is -0.137. The SMILES string of the molecule is COCC1CCN(C(=O)N(CC(=O)O)CC2CC2)C1. The van der Waals surface area contributed by atoms with E-state index in [4.69, 9.17) is 9.84 Å². The third-order valence-electron chi connectivity index (χ3n) is 3.73. The summed E-state index contributed by atoms with van der Waals surface area (Å²) in [6, 6.07) is -0.132. The predicted molar refractivity (Wildman–Crippen MR) is 68.9 cm³/mol. The lowest BCUT2D eigenvalue weighted by Crippen LogP contribution is -2.45. The number of rotatable bonds is 6. The molecule has 0 aromatic rings. The van der Waals surface area contributed by atoms with Crippen molar-refractivity contribution < 1.29 is 19.4 Å². The number of urea groups is 1. The molecule has 1 unspecified atom stereocenters. The summed E-state index contributed by atoms with van der Waals surface area (Å²) in [5, 5.41) is 8.91. The molecule has 1 N–H and O–H groups in total. The molecule has 2 fully saturated rings. The number of methoxy groups -OCH3 is 1. The van der Waals surface area contributed by atoms with Gasteiger partial charge in [0.05, 0.1) is 6.61 Å². The highest BCUT2D eigenvalue weighted by Gasteiger charge is 2.33. The molecule has 1 heterocycles. The first-order valence-corrected chi connectivity index (χ1v) is 6.84. The zero-order valence-corrected chi connectivity index (χ0v) is 11.4. The van der Waals surface area contributed by atoms with Gasteiger partial charge in [-0.2, -0.15) is 0 Å². The first kappa shape index (κ1) is 14.1. The number of hydrogen-bond acceptors (Lipinski definition) is 3. The van der Waals surface area contributed by atoms with Gasteiger partial charge in [0.1, 0.15) is 6.54 Å². The van der Waals surface area contributed by atoms with E-state index in [1.54, 1.807) is 12.0 Å². The molecule has 1 aliphatic carbocycles. The van der Waals surface area contributed by atoms with Gasteiger partial charge >= 0.3 is 12.0 Å². The minimum absolute atomic E-state index is 0.132. The molecular weight excluding hydrogens is 248 g/mol. The molecular formula is C13H22N2O4. The number of ether oxygens (including phenoxy) is 1. The second kappa shape index (κ2) is 6.23. The molecule has 2 rings (SSSR count). The Morgan fingerprint density at radius 1 is 1.32 bits per heavy atom. The largest absolute Gasteiger partial charge is 0.480 e. The van der Waals surface area contributed by atoms with Crippen molar-refractivity contribution in [3.05, 3.63) is 0 Å². The Balaban J connectivity index is 1.88. The van der Waals surface area contributed by atoms with Crippen LogP contribution in [0.4, 0.5) is 4.79 Å². The fourth-order valence-corrected chi connectivity index (χ4v) is 2.56. The van der Waals surface area contributed by atoms with Crippen molar-refractivity contribution in [3.8, 4) is 0 Å². The molecule has 1 saturated carbocycles. The second-order valence-corrected chi connectivity index (χ2v) is 5.56. The van der Waals surface area contributed by atoms with E-state index in [1.807, 2.05) is 0 Å². The maximum Gasteiger partial charge on any atom is 0.323 e. The number of hydrogen-bond donors (Lipinski definition) is 1. The fourth-order valence-electron chi connectivity index (χ4n) is 2.56. The molecule has 6 heteroatoms. The van der Waals surface area contributed by atoms with Crippen molar-refractivity contribution in [1.82, 2.24) is 9.80 Å². The van der Waals surface area contributed by atoms with Crippen LogP contribution in [-0.4, -0.2) is 66.8 Å². The van der Waals surface area contributed by atoms with Crippen LogP contribution in [0.5, 0.6) is 0 Å². The molecule has 0 aromatic heterocycles. The maximum atomic E-state index is 12.3. The lowest BCUT2D eigenvalue weighted by Gasteiger charge is -2.27. The molecule has 1 aliphatic heterocycles. The van der Waals surface area contributed by atoms with Gasteiger partial charge in [0.2, 0.25) is 0 Å². The molecule has 0 radical (unpaired) electrons. The molecule has 0 bridgehead atoms. The highest BCUT2D eigenvalue weighted by molar-refractivity contribution is 5.80. The number of carbonyl (C=O) groups excluding carboxylic acids is 1. The van der Waals surface area contributed by atoms with E-state index in [9.17, 15) is 9.59 Å². The third-order valence-corrected chi connectivity index (χ3v) is 3.73. The molecule has 6 nitrogen and oxygen atoms in total.